The molecule has 14 heavy (non-hydrogen) atoms. The topological polar surface area (TPSA) is 38.3 Å². The van der Waals surface area contributed by atoms with Crippen LogP contribution in [0.2, 0.25) is 0 Å². The summed E-state index contributed by atoms with van der Waals surface area (Å²) in [5.41, 5.74) is 0.598. The minimum absolute atomic E-state index is 0.457. The number of amides is 1. The van der Waals surface area contributed by atoms with Crippen molar-refractivity contribution < 1.29 is 9.53 Å². The molecule has 0 unspecified atom stereocenters. The van der Waals surface area contributed by atoms with Crippen LogP contribution < -0.4 is 10.1 Å². The molecule has 0 aliphatic rings. The molecule has 0 bridgehead atoms. The van der Waals surface area contributed by atoms with E-state index < -0.39 is 10.7 Å². The van der Waals surface area contributed by atoms with Crippen LogP contribution in [0, 0.1) is 0 Å². The third kappa shape index (κ3) is 3.09. The quantitative estimate of drug-likeness (QED) is 0.815. The molecular weight excluding hydrogens is 225 g/mol. The van der Waals surface area contributed by atoms with Crippen molar-refractivity contribution in [1.29, 1.82) is 0 Å². The normalized spacial score (nSPS) is 10.0. The molecule has 1 aromatic rings. The van der Waals surface area contributed by atoms with Gasteiger partial charge in [-0.3, -0.25) is 4.79 Å². The number of anilines is 1. The van der Waals surface area contributed by atoms with Crippen molar-refractivity contribution in [3.05, 3.63) is 24.3 Å². The molecule has 0 radical (unpaired) electrons. The Balaban J connectivity index is 2.72. The van der Waals surface area contributed by atoms with Gasteiger partial charge in [-0.1, -0.05) is 29.3 Å². The molecule has 5 heteroatoms. The summed E-state index contributed by atoms with van der Waals surface area (Å²) >= 11 is 10.7. The van der Waals surface area contributed by atoms with Crippen molar-refractivity contribution in [3.63, 3.8) is 0 Å². The number of nitrogens with one attached hydrogen (secondary N) is 1. The van der Waals surface area contributed by atoms with E-state index in [4.69, 9.17) is 27.9 Å². The first-order valence-electron chi connectivity index (χ1n) is 3.86. The number of hydrogen-bond acceptors (Lipinski definition) is 2. The highest BCUT2D eigenvalue weighted by molar-refractivity contribution is 6.54. The van der Waals surface area contributed by atoms with Crippen molar-refractivity contribution in [2.24, 2.45) is 0 Å². The number of hydrogen-bond donors (Lipinski definition) is 1. The van der Waals surface area contributed by atoms with Gasteiger partial charge in [0.25, 0.3) is 5.91 Å². The zero-order chi connectivity index (χ0) is 10.6. The van der Waals surface area contributed by atoms with Crippen LogP contribution in [0.1, 0.15) is 0 Å². The lowest BCUT2D eigenvalue weighted by molar-refractivity contribution is -0.114. The van der Waals surface area contributed by atoms with Crippen molar-refractivity contribution in [1.82, 2.24) is 0 Å². The van der Waals surface area contributed by atoms with Gasteiger partial charge in [0.2, 0.25) is 0 Å². The summed E-state index contributed by atoms with van der Waals surface area (Å²) in [6, 6.07) is 6.92. The molecule has 1 rings (SSSR count). The fraction of sp³-hybridized carbons (Fsp3) is 0.222. The second-order valence-electron chi connectivity index (χ2n) is 2.52. The Hall–Kier alpha value is -0.930. The lowest BCUT2D eigenvalue weighted by Gasteiger charge is -2.06. The van der Waals surface area contributed by atoms with Crippen LogP contribution in [0.4, 0.5) is 5.69 Å². The van der Waals surface area contributed by atoms with Gasteiger partial charge in [0.05, 0.1) is 7.11 Å². The highest BCUT2D eigenvalue weighted by atomic mass is 35.5. The Bertz CT molecular complexity index is 328. The molecule has 0 saturated heterocycles. The summed E-state index contributed by atoms with van der Waals surface area (Å²) in [6.07, 6.45) is 0. The maximum absolute atomic E-state index is 11.1. The Kier molecular flexibility index (Phi) is 4.04. The molecule has 0 heterocycles. The van der Waals surface area contributed by atoms with E-state index in [9.17, 15) is 4.79 Å². The van der Waals surface area contributed by atoms with Gasteiger partial charge in [0.1, 0.15) is 5.75 Å². The average molecular weight is 234 g/mol. The second-order valence-corrected chi connectivity index (χ2v) is 3.62. The Morgan fingerprint density at radius 3 is 2.79 bits per heavy atom. The number of alkyl halides is 2. The Labute approximate surface area is 92.0 Å². The molecule has 0 fully saturated rings. The Morgan fingerprint density at radius 1 is 1.50 bits per heavy atom. The summed E-state index contributed by atoms with van der Waals surface area (Å²) in [4.78, 5) is 10.0. The first-order valence-corrected chi connectivity index (χ1v) is 4.74. The molecular formula is C9H9Cl2NO2. The highest BCUT2D eigenvalue weighted by Gasteiger charge is 2.11. The molecule has 0 aliphatic carbocycles. The van der Waals surface area contributed by atoms with Crippen LogP contribution >= 0.6 is 23.2 Å². The van der Waals surface area contributed by atoms with E-state index in [1.165, 1.54) is 0 Å². The minimum atomic E-state index is -1.07. The van der Waals surface area contributed by atoms with Crippen molar-refractivity contribution >= 4 is 34.8 Å². The van der Waals surface area contributed by atoms with E-state index in [2.05, 4.69) is 5.32 Å². The molecule has 3 nitrogen and oxygen atoms in total. The predicted molar refractivity (Wildman–Crippen MR) is 57.1 cm³/mol. The van der Waals surface area contributed by atoms with E-state index in [1.54, 1.807) is 31.4 Å². The molecule has 1 aromatic carbocycles. The summed E-state index contributed by atoms with van der Waals surface area (Å²) in [6.45, 7) is 0. The van der Waals surface area contributed by atoms with Gasteiger partial charge in [-0.05, 0) is 12.1 Å². The van der Waals surface area contributed by atoms with Gasteiger partial charge in [0.15, 0.2) is 4.84 Å². The van der Waals surface area contributed by atoms with E-state index >= 15 is 0 Å². The first kappa shape index (κ1) is 11.1. The fourth-order valence-electron chi connectivity index (χ4n) is 0.898. The standard InChI is InChI=1S/C9H9Cl2NO2/c1-14-7-4-2-3-6(5-7)12-9(13)8(10)11/h2-5,8H,1H3,(H,12,13). The zero-order valence-corrected chi connectivity index (χ0v) is 8.97. The maximum atomic E-state index is 11.1. The average Bonchev–Trinajstić information content (AvgIpc) is 2.18. The summed E-state index contributed by atoms with van der Waals surface area (Å²) in [5, 5.41) is 2.53. The second kappa shape index (κ2) is 5.08. The van der Waals surface area contributed by atoms with Crippen LogP contribution in [0.25, 0.3) is 0 Å². The van der Waals surface area contributed by atoms with Crippen molar-refractivity contribution in [2.75, 3.05) is 12.4 Å². The van der Waals surface area contributed by atoms with Crippen LogP contribution in [-0.2, 0) is 4.79 Å². The number of carbonyl (C=O) groups is 1. The van der Waals surface area contributed by atoms with Crippen molar-refractivity contribution in [2.45, 2.75) is 4.84 Å². The molecule has 0 saturated carbocycles. The monoisotopic (exact) mass is 233 g/mol. The number of benzene rings is 1. The van der Waals surface area contributed by atoms with E-state index in [1.807, 2.05) is 0 Å². The van der Waals surface area contributed by atoms with E-state index in [0.717, 1.165) is 0 Å². The largest absolute Gasteiger partial charge is 0.497 e. The third-order valence-electron chi connectivity index (χ3n) is 1.54. The summed E-state index contributed by atoms with van der Waals surface area (Å²) < 4.78 is 4.98. The SMILES string of the molecule is COc1cccc(NC(=O)C(Cl)Cl)c1. The van der Waals surface area contributed by atoms with Crippen LogP contribution in [0.3, 0.4) is 0 Å². The number of ether oxygens (including phenoxy) is 1. The van der Waals surface area contributed by atoms with Crippen LogP contribution in [-0.4, -0.2) is 17.9 Å². The van der Waals surface area contributed by atoms with Crippen molar-refractivity contribution in [3.8, 4) is 5.75 Å². The molecule has 1 N–H and O–H groups in total. The van der Waals surface area contributed by atoms with Crippen LogP contribution in [0.15, 0.2) is 24.3 Å². The summed E-state index contributed by atoms with van der Waals surface area (Å²) in [7, 11) is 1.55. The molecule has 0 spiro atoms. The van der Waals surface area contributed by atoms with Crippen LogP contribution in [0.5, 0.6) is 5.75 Å². The van der Waals surface area contributed by atoms with Gasteiger partial charge in [0, 0.05) is 11.8 Å². The van der Waals surface area contributed by atoms with Gasteiger partial charge in [-0.15, -0.1) is 0 Å². The smallest absolute Gasteiger partial charge is 0.257 e. The number of halogens is 2. The lowest BCUT2D eigenvalue weighted by atomic mass is 10.3. The van der Waals surface area contributed by atoms with E-state index in [0.29, 0.717) is 11.4 Å². The molecule has 76 valence electrons. The molecule has 0 aromatic heterocycles. The van der Waals surface area contributed by atoms with Gasteiger partial charge >= 0.3 is 0 Å². The van der Waals surface area contributed by atoms with Gasteiger partial charge < -0.3 is 10.1 Å². The highest BCUT2D eigenvalue weighted by Crippen LogP contribution is 2.17. The van der Waals surface area contributed by atoms with Gasteiger partial charge in [-0.25, -0.2) is 0 Å². The lowest BCUT2D eigenvalue weighted by Crippen LogP contribution is -2.18. The minimum Gasteiger partial charge on any atom is -0.497 e. The number of carbonyl (C=O) groups excluding carboxylic acids is 1. The molecule has 0 aliphatic heterocycles. The molecule has 0 atom stereocenters. The maximum Gasteiger partial charge on any atom is 0.257 e. The summed E-state index contributed by atoms with van der Waals surface area (Å²) in [5.74, 6) is 0.199. The number of rotatable bonds is 3. The third-order valence-corrected chi connectivity index (χ3v) is 1.93. The van der Waals surface area contributed by atoms with Gasteiger partial charge in [-0.2, -0.15) is 0 Å². The first-order chi connectivity index (χ1) is 6.63. The molecule has 1 amide bonds. The van der Waals surface area contributed by atoms with E-state index in [-0.39, 0.29) is 0 Å². The zero-order valence-electron chi connectivity index (χ0n) is 7.46. The fourth-order valence-corrected chi connectivity index (χ4v) is 1.01. The predicted octanol–water partition coefficient (Wildman–Crippen LogP) is 2.44. The Morgan fingerprint density at radius 2 is 2.21 bits per heavy atom. The number of methoxy groups -OCH3 is 1.